The topological polar surface area (TPSA) is 133 Å². The molecule has 0 bridgehead atoms. The molecule has 1 atom stereocenters. The van der Waals surface area contributed by atoms with Crippen LogP contribution < -0.4 is 18.9 Å². The minimum absolute atomic E-state index is 0.203. The summed E-state index contributed by atoms with van der Waals surface area (Å²) in [5.41, 5.74) is 4.15. The molecule has 0 amide bonds. The van der Waals surface area contributed by atoms with Gasteiger partial charge in [-0.2, -0.15) is 0 Å². The molecule has 61 heavy (non-hydrogen) atoms. The number of methoxy groups -OCH3 is 1. The van der Waals surface area contributed by atoms with Gasteiger partial charge in [-0.1, -0.05) is 56.5 Å². The highest BCUT2D eigenvalue weighted by molar-refractivity contribution is 5.91. The molecule has 0 aliphatic rings. The molecule has 0 radical (unpaired) electrons. The van der Waals surface area contributed by atoms with Crippen molar-refractivity contribution in [2.45, 2.75) is 59.8 Å². The maximum atomic E-state index is 12.8. The van der Waals surface area contributed by atoms with E-state index in [4.69, 9.17) is 33.2 Å². The third-order valence-corrected chi connectivity index (χ3v) is 9.42. The third kappa shape index (κ3) is 16.3. The first-order valence-electron chi connectivity index (χ1n) is 20.2. The molecule has 0 saturated carbocycles. The number of benzene rings is 4. The molecule has 0 aliphatic carbocycles. The Balaban J connectivity index is 1.18. The van der Waals surface area contributed by atoms with E-state index >= 15 is 0 Å². The van der Waals surface area contributed by atoms with E-state index in [-0.39, 0.29) is 12.6 Å². The number of aryl methyl sites for hydroxylation is 1. The van der Waals surface area contributed by atoms with E-state index < -0.39 is 23.3 Å². The van der Waals surface area contributed by atoms with Crippen molar-refractivity contribution in [3.8, 4) is 34.1 Å². The lowest BCUT2D eigenvalue weighted by Gasteiger charge is -2.28. The number of esters is 4. The Morgan fingerprint density at radius 3 is 1.80 bits per heavy atom. The monoisotopic (exact) mass is 832 g/mol. The average molecular weight is 833 g/mol. The van der Waals surface area contributed by atoms with Gasteiger partial charge in [0.2, 0.25) is 0 Å². The molecular weight excluding hydrogens is 777 g/mol. The maximum absolute atomic E-state index is 12.8. The second kappa shape index (κ2) is 24.0. The molecule has 1 unspecified atom stereocenters. The van der Waals surface area contributed by atoms with Crippen molar-refractivity contribution in [3.63, 3.8) is 0 Å². The molecule has 0 saturated heterocycles. The van der Waals surface area contributed by atoms with Crippen molar-refractivity contribution in [2.24, 2.45) is 5.41 Å². The summed E-state index contributed by atoms with van der Waals surface area (Å²) in [6, 6.07) is 27.0. The summed E-state index contributed by atoms with van der Waals surface area (Å²) in [5.74, 6) is 0.162. The van der Waals surface area contributed by atoms with E-state index in [2.05, 4.69) is 13.2 Å². The van der Waals surface area contributed by atoms with Crippen LogP contribution in [0.2, 0.25) is 0 Å². The van der Waals surface area contributed by atoms with Gasteiger partial charge in [0.25, 0.3) is 0 Å². The lowest BCUT2D eigenvalue weighted by molar-refractivity contribution is -0.144. The largest absolute Gasteiger partial charge is 0.494 e. The van der Waals surface area contributed by atoms with Crippen LogP contribution in [0, 0.1) is 12.3 Å². The summed E-state index contributed by atoms with van der Waals surface area (Å²) in [4.78, 5) is 48.8. The Kier molecular flexibility index (Phi) is 18.5. The predicted octanol–water partition coefficient (Wildman–Crippen LogP) is 10.1. The maximum Gasteiger partial charge on any atom is 0.343 e. The number of hydrogen-bond acceptors (Lipinski definition) is 11. The highest BCUT2D eigenvalue weighted by atomic mass is 16.5. The standard InChI is InChI=1S/C50H56O11/c1-35(2)47(52)58-30-11-9-8-10-29-56-42-23-19-41(20-24-42)49(54)60-44-25-26-45(37(5)32-44)61-46(51)27-14-38-12-15-39(16-13-38)40-17-21-43(22-18-40)57-31-28-50(6,33-55-7)34-59-48(53)36(3)4/h12-27,32H,1,3,8-11,28-31,33-34H2,2,4-7H3/b27-14+. The van der Waals surface area contributed by atoms with Crippen LogP contribution in [0.3, 0.4) is 0 Å². The highest BCUT2D eigenvalue weighted by Crippen LogP contribution is 2.27. The van der Waals surface area contributed by atoms with Crippen molar-refractivity contribution in [3.05, 3.63) is 138 Å². The van der Waals surface area contributed by atoms with Crippen molar-refractivity contribution in [1.29, 1.82) is 0 Å². The van der Waals surface area contributed by atoms with Crippen LogP contribution in [0.15, 0.2) is 121 Å². The minimum atomic E-state index is -0.549. The number of carbonyl (C=O) groups is 4. The molecular formula is C50H56O11. The second-order valence-corrected chi connectivity index (χ2v) is 15.1. The Morgan fingerprint density at radius 2 is 1.20 bits per heavy atom. The highest BCUT2D eigenvalue weighted by Gasteiger charge is 2.27. The summed E-state index contributed by atoms with van der Waals surface area (Å²) in [6.45, 7) is 16.1. The Bertz CT molecular complexity index is 2130. The zero-order valence-corrected chi connectivity index (χ0v) is 35.8. The molecule has 11 heteroatoms. The SMILES string of the molecule is C=C(C)C(=O)OCCCCCCOc1ccc(C(=O)Oc2ccc(OC(=O)/C=C/c3ccc(-c4ccc(OCCC(C)(COC)COC(=O)C(=C)C)cc4)cc3)c(C)c2)cc1. The molecule has 0 spiro atoms. The van der Waals surface area contributed by atoms with Crippen LogP contribution in [0.25, 0.3) is 17.2 Å². The van der Waals surface area contributed by atoms with Crippen molar-refractivity contribution < 1.29 is 52.3 Å². The molecule has 0 heterocycles. The predicted molar refractivity (Wildman–Crippen MR) is 235 cm³/mol. The van der Waals surface area contributed by atoms with Crippen LogP contribution in [0.4, 0.5) is 0 Å². The smallest absolute Gasteiger partial charge is 0.343 e. The van der Waals surface area contributed by atoms with E-state index in [9.17, 15) is 19.2 Å². The number of hydrogen-bond donors (Lipinski definition) is 0. The lowest BCUT2D eigenvalue weighted by atomic mass is 9.89. The number of unbranched alkanes of at least 4 members (excludes halogenated alkanes) is 3. The van der Waals surface area contributed by atoms with Gasteiger partial charge in [0, 0.05) is 29.7 Å². The fourth-order valence-electron chi connectivity index (χ4n) is 5.84. The van der Waals surface area contributed by atoms with Gasteiger partial charge in [-0.15, -0.1) is 0 Å². The summed E-state index contributed by atoms with van der Waals surface area (Å²) < 4.78 is 38.7. The zero-order valence-electron chi connectivity index (χ0n) is 35.8. The van der Waals surface area contributed by atoms with Gasteiger partial charge < -0.3 is 33.2 Å². The van der Waals surface area contributed by atoms with Crippen molar-refractivity contribution in [2.75, 3.05) is 40.1 Å². The molecule has 4 aromatic rings. The summed E-state index contributed by atoms with van der Waals surface area (Å²) in [5, 5.41) is 0. The van der Waals surface area contributed by atoms with Crippen LogP contribution >= 0.6 is 0 Å². The Hall–Kier alpha value is -6.46. The molecule has 322 valence electrons. The lowest BCUT2D eigenvalue weighted by Crippen LogP contribution is -2.32. The van der Waals surface area contributed by atoms with Gasteiger partial charge in [-0.05, 0) is 136 Å². The van der Waals surface area contributed by atoms with E-state index in [0.29, 0.717) is 72.4 Å². The molecule has 0 aliphatic heterocycles. The first-order chi connectivity index (χ1) is 29.2. The van der Waals surface area contributed by atoms with Gasteiger partial charge in [0.15, 0.2) is 0 Å². The van der Waals surface area contributed by atoms with Crippen molar-refractivity contribution >= 4 is 30.0 Å². The van der Waals surface area contributed by atoms with Crippen LogP contribution in [-0.2, 0) is 28.6 Å². The molecule has 4 rings (SSSR count). The van der Waals surface area contributed by atoms with Gasteiger partial charge in [0.1, 0.15) is 23.0 Å². The van der Waals surface area contributed by atoms with Crippen molar-refractivity contribution in [1.82, 2.24) is 0 Å². The van der Waals surface area contributed by atoms with Crippen LogP contribution in [0.1, 0.15) is 74.4 Å². The first-order valence-corrected chi connectivity index (χ1v) is 20.2. The quantitative estimate of drug-likeness (QED) is 0.0289. The van der Waals surface area contributed by atoms with E-state index in [0.717, 1.165) is 48.1 Å². The van der Waals surface area contributed by atoms with E-state index in [1.54, 1.807) is 76.4 Å². The molecule has 0 N–H and O–H groups in total. The fraction of sp³-hybridized carbons (Fsp3) is 0.320. The van der Waals surface area contributed by atoms with Gasteiger partial charge in [-0.3, -0.25) is 0 Å². The normalized spacial score (nSPS) is 11.9. The summed E-state index contributed by atoms with van der Waals surface area (Å²) in [7, 11) is 1.62. The van der Waals surface area contributed by atoms with E-state index in [1.807, 2.05) is 55.5 Å². The number of rotatable bonds is 24. The Morgan fingerprint density at radius 1 is 0.639 bits per heavy atom. The fourth-order valence-corrected chi connectivity index (χ4v) is 5.84. The van der Waals surface area contributed by atoms with Gasteiger partial charge in [0.05, 0.1) is 38.6 Å². The molecule has 0 aromatic heterocycles. The molecule has 0 fully saturated rings. The van der Waals surface area contributed by atoms with Gasteiger partial charge >= 0.3 is 23.9 Å². The average Bonchev–Trinajstić information content (AvgIpc) is 3.24. The first kappa shape index (κ1) is 47.2. The van der Waals surface area contributed by atoms with E-state index in [1.165, 1.54) is 6.08 Å². The summed E-state index contributed by atoms with van der Waals surface area (Å²) >= 11 is 0. The van der Waals surface area contributed by atoms with Crippen LogP contribution in [-0.4, -0.2) is 64.0 Å². The second-order valence-electron chi connectivity index (χ2n) is 15.1. The summed E-state index contributed by atoms with van der Waals surface area (Å²) in [6.07, 6.45) is 7.15. The number of ether oxygens (including phenoxy) is 7. The molecule has 4 aromatic carbocycles. The Labute approximate surface area is 358 Å². The third-order valence-electron chi connectivity index (χ3n) is 9.42. The molecule has 11 nitrogen and oxygen atoms in total. The minimum Gasteiger partial charge on any atom is -0.494 e. The number of carbonyl (C=O) groups excluding carboxylic acids is 4. The van der Waals surface area contributed by atoms with Crippen LogP contribution in [0.5, 0.6) is 23.0 Å². The zero-order chi connectivity index (χ0) is 44.2. The van der Waals surface area contributed by atoms with Gasteiger partial charge in [-0.25, -0.2) is 19.2 Å².